The summed E-state index contributed by atoms with van der Waals surface area (Å²) < 4.78 is 28.1. The monoisotopic (exact) mass is 754 g/mol. The quantitative estimate of drug-likeness (QED) is 0.321. The zero-order valence-electron chi connectivity index (χ0n) is 31.6. The topological polar surface area (TPSA) is 91.4 Å². The van der Waals surface area contributed by atoms with Crippen molar-refractivity contribution in [2.24, 2.45) is 23.7 Å². The molecule has 2 aromatic rings. The number of nitrogens with one attached hydrogen (secondary N) is 1. The molecule has 2 amide bonds. The minimum absolute atomic E-state index is 0.127. The van der Waals surface area contributed by atoms with Gasteiger partial charge in [-0.3, -0.25) is 19.2 Å². The summed E-state index contributed by atoms with van der Waals surface area (Å²) in [5.74, 6) is 2.49. The number of hydrogen-bond acceptors (Lipinski definition) is 7. The predicted molar refractivity (Wildman–Crippen MR) is 210 cm³/mol. The number of methoxy groups -OCH3 is 1. The first-order valence-corrected chi connectivity index (χ1v) is 21.2. The maximum atomic E-state index is 13.5. The Hall–Kier alpha value is -2.66. The van der Waals surface area contributed by atoms with Crippen molar-refractivity contribution < 1.29 is 23.3 Å². The van der Waals surface area contributed by atoms with Gasteiger partial charge in [0.25, 0.3) is 5.91 Å². The van der Waals surface area contributed by atoms with Crippen LogP contribution in [0.25, 0.3) is 0 Å². The fourth-order valence-electron chi connectivity index (χ4n) is 8.92. The number of carbonyl (C=O) groups is 2. The van der Waals surface area contributed by atoms with Crippen molar-refractivity contribution in [3.63, 3.8) is 0 Å². The lowest BCUT2D eigenvalue weighted by atomic mass is 9.65. The van der Waals surface area contributed by atoms with Crippen LogP contribution in [0.2, 0.25) is 5.02 Å². The Morgan fingerprint density at radius 3 is 2.63 bits per heavy atom. The van der Waals surface area contributed by atoms with Gasteiger partial charge in [0.05, 0.1) is 30.7 Å². The second-order valence-corrected chi connectivity index (χ2v) is 17.7. The van der Waals surface area contributed by atoms with Gasteiger partial charge < -0.3 is 19.3 Å². The fourth-order valence-corrected chi connectivity index (χ4v) is 10.2. The normalized spacial score (nSPS) is 29.3. The summed E-state index contributed by atoms with van der Waals surface area (Å²) in [5, 5.41) is 0.579. The van der Waals surface area contributed by atoms with Crippen LogP contribution in [-0.2, 0) is 26.9 Å². The van der Waals surface area contributed by atoms with Gasteiger partial charge in [-0.05, 0) is 111 Å². The number of rotatable bonds is 8. The summed E-state index contributed by atoms with van der Waals surface area (Å²) in [5.41, 5.74) is 3.97. The van der Waals surface area contributed by atoms with E-state index in [9.17, 15) is 13.8 Å². The summed E-state index contributed by atoms with van der Waals surface area (Å²) in [7, 11) is 0.175. The number of carbonyl (C=O) groups excluding carboxylic acids is 2. The number of anilines is 1. The molecular formula is C41H59ClN4O5S. The molecule has 2 bridgehead atoms. The smallest absolute Gasteiger partial charge is 0.263 e. The highest BCUT2D eigenvalue weighted by atomic mass is 35.5. The summed E-state index contributed by atoms with van der Waals surface area (Å²) in [6, 6.07) is 11.9. The SMILES string of the molecule is CCCc1cc(Cl)ccc1C1COc2ccc3cc2N(C1)CC1CCC1C(CN1CCCN(CCOC)C(=O)C1)CCCC(C)C(C)S(=O)NC3=O. The van der Waals surface area contributed by atoms with Gasteiger partial charge in [-0.2, -0.15) is 0 Å². The fraction of sp³-hybridized carbons (Fsp3) is 0.659. The maximum absolute atomic E-state index is 13.5. The van der Waals surface area contributed by atoms with Gasteiger partial charge in [-0.25, -0.2) is 4.21 Å². The lowest BCUT2D eigenvalue weighted by Crippen LogP contribution is -2.46. The van der Waals surface area contributed by atoms with Crippen molar-refractivity contribution >= 4 is 40.1 Å². The largest absolute Gasteiger partial charge is 0.491 e. The molecule has 9 nitrogen and oxygen atoms in total. The van der Waals surface area contributed by atoms with Gasteiger partial charge in [0.2, 0.25) is 5.91 Å². The number of ether oxygens (including phenoxy) is 2. The minimum Gasteiger partial charge on any atom is -0.491 e. The lowest BCUT2D eigenvalue weighted by Gasteiger charge is -2.46. The van der Waals surface area contributed by atoms with Gasteiger partial charge in [0, 0.05) is 62.9 Å². The highest BCUT2D eigenvalue weighted by Crippen LogP contribution is 2.45. The number of aryl methyl sites for hydroxylation is 1. The minimum atomic E-state index is -1.51. The van der Waals surface area contributed by atoms with E-state index in [0.717, 1.165) is 94.1 Å². The first kappa shape index (κ1) is 39.0. The third-order valence-electron chi connectivity index (χ3n) is 12.3. The summed E-state index contributed by atoms with van der Waals surface area (Å²) >= 11 is 6.49. The molecule has 7 unspecified atom stereocenters. The second-order valence-electron chi connectivity index (χ2n) is 15.8. The molecule has 1 saturated heterocycles. The molecule has 4 aliphatic rings. The van der Waals surface area contributed by atoms with E-state index < -0.39 is 11.0 Å². The number of amides is 2. The average molecular weight is 755 g/mol. The zero-order chi connectivity index (χ0) is 36.8. The zero-order valence-corrected chi connectivity index (χ0v) is 33.2. The van der Waals surface area contributed by atoms with Crippen LogP contribution in [0.5, 0.6) is 5.75 Å². The molecule has 52 heavy (non-hydrogen) atoms. The number of halogens is 1. The molecule has 0 radical (unpaired) electrons. The molecule has 3 heterocycles. The Bertz CT molecular complexity index is 1580. The first-order valence-electron chi connectivity index (χ1n) is 19.7. The Morgan fingerprint density at radius 1 is 1.02 bits per heavy atom. The number of hydrogen-bond donors (Lipinski definition) is 1. The van der Waals surface area contributed by atoms with Crippen LogP contribution in [0.4, 0.5) is 5.69 Å². The molecule has 2 fully saturated rings. The molecule has 0 aromatic heterocycles. The van der Waals surface area contributed by atoms with Crippen molar-refractivity contribution in [2.45, 2.75) is 83.3 Å². The molecule has 286 valence electrons. The lowest BCUT2D eigenvalue weighted by molar-refractivity contribution is -0.132. The third kappa shape index (κ3) is 9.34. The van der Waals surface area contributed by atoms with Gasteiger partial charge in [-0.15, -0.1) is 0 Å². The third-order valence-corrected chi connectivity index (χ3v) is 14.0. The standard InChI is InChI=1S/C41H59ClN4O5S/c1-5-8-30-21-35(42)13-15-36(30)34-25-46-24-33-11-14-37(33)32(23-44-17-7-18-45(19-20-50-4)40(47)26-44)10-6-9-28(2)29(3)52(49)43-41(48)31-12-16-39(51-27-34)38(46)22-31/h12-13,15-16,21-22,28-29,32-34,37H,5-11,14,17-20,23-27H2,1-4H3,(H,43,48). The average Bonchev–Trinajstić information content (AvgIpc) is 3.40. The Kier molecular flexibility index (Phi) is 13.6. The number of fused-ring (bicyclic) bond motifs is 2. The van der Waals surface area contributed by atoms with E-state index in [1.165, 1.54) is 17.5 Å². The van der Waals surface area contributed by atoms with E-state index in [2.05, 4.69) is 40.5 Å². The highest BCUT2D eigenvalue weighted by Gasteiger charge is 2.40. The maximum Gasteiger partial charge on any atom is 0.263 e. The molecular weight excluding hydrogens is 696 g/mol. The summed E-state index contributed by atoms with van der Waals surface area (Å²) in [4.78, 5) is 33.7. The van der Waals surface area contributed by atoms with Crippen LogP contribution in [0, 0.1) is 23.7 Å². The molecule has 6 rings (SSSR count). The number of benzene rings is 2. The van der Waals surface area contributed by atoms with Gasteiger partial charge in [0.15, 0.2) is 0 Å². The van der Waals surface area contributed by atoms with Crippen molar-refractivity contribution in [3.8, 4) is 5.75 Å². The van der Waals surface area contributed by atoms with Crippen LogP contribution in [0.15, 0.2) is 36.4 Å². The number of nitrogens with zero attached hydrogens (tertiary/aromatic N) is 3. The van der Waals surface area contributed by atoms with Gasteiger partial charge in [0.1, 0.15) is 16.7 Å². The van der Waals surface area contributed by atoms with E-state index in [1.807, 2.05) is 30.0 Å². The van der Waals surface area contributed by atoms with E-state index in [1.54, 1.807) is 13.2 Å². The van der Waals surface area contributed by atoms with Crippen molar-refractivity contribution in [1.82, 2.24) is 14.5 Å². The van der Waals surface area contributed by atoms with Crippen molar-refractivity contribution in [1.29, 1.82) is 0 Å². The predicted octanol–water partition coefficient (Wildman–Crippen LogP) is 6.70. The molecule has 1 aliphatic carbocycles. The van der Waals surface area contributed by atoms with E-state index in [4.69, 9.17) is 21.1 Å². The molecule has 7 atom stereocenters. The molecule has 1 saturated carbocycles. The van der Waals surface area contributed by atoms with Crippen LogP contribution in [0.3, 0.4) is 0 Å². The van der Waals surface area contributed by atoms with Gasteiger partial charge in [-0.1, -0.05) is 44.4 Å². The Balaban J connectivity index is 1.31. The highest BCUT2D eigenvalue weighted by molar-refractivity contribution is 7.84. The van der Waals surface area contributed by atoms with Crippen molar-refractivity contribution in [2.75, 3.05) is 71.0 Å². The summed E-state index contributed by atoms with van der Waals surface area (Å²) in [6.07, 6.45) is 8.37. The molecule has 1 N–H and O–H groups in total. The van der Waals surface area contributed by atoms with Crippen LogP contribution in [-0.4, -0.2) is 97.2 Å². The molecule has 11 heteroatoms. The molecule has 2 aromatic carbocycles. The first-order chi connectivity index (χ1) is 25.1. The Morgan fingerprint density at radius 2 is 1.87 bits per heavy atom. The van der Waals surface area contributed by atoms with Crippen LogP contribution >= 0.6 is 11.6 Å². The van der Waals surface area contributed by atoms with E-state index in [0.29, 0.717) is 49.6 Å². The van der Waals surface area contributed by atoms with Gasteiger partial charge >= 0.3 is 0 Å². The van der Waals surface area contributed by atoms with E-state index in [-0.39, 0.29) is 28.9 Å². The van der Waals surface area contributed by atoms with Crippen LogP contribution < -0.4 is 14.4 Å². The summed E-state index contributed by atoms with van der Waals surface area (Å²) in [6.45, 7) is 12.8. The van der Waals surface area contributed by atoms with Crippen molar-refractivity contribution in [3.05, 3.63) is 58.1 Å². The van der Waals surface area contributed by atoms with Crippen LogP contribution in [0.1, 0.15) is 93.1 Å². The molecule has 3 aliphatic heterocycles. The second kappa shape index (κ2) is 18.1. The van der Waals surface area contributed by atoms with E-state index >= 15 is 0 Å². The molecule has 0 spiro atoms. The Labute approximate surface area is 318 Å².